The summed E-state index contributed by atoms with van der Waals surface area (Å²) in [5.74, 6) is 1.05. The molecular weight excluding hydrogens is 204 g/mol. The first-order valence-electron chi connectivity index (χ1n) is 4.66. The molecule has 0 unspecified atom stereocenters. The first-order valence-corrected chi connectivity index (χ1v) is 4.66. The van der Waals surface area contributed by atoms with Crippen LogP contribution in [0.15, 0.2) is 30.6 Å². The number of nitriles is 1. The Kier molecular flexibility index (Phi) is 2.48. The van der Waals surface area contributed by atoms with Gasteiger partial charge in [-0.15, -0.1) is 0 Å². The van der Waals surface area contributed by atoms with Gasteiger partial charge in [-0.2, -0.15) is 10.4 Å². The molecule has 1 aromatic heterocycles. The van der Waals surface area contributed by atoms with Crippen LogP contribution < -0.4 is 10.5 Å². The largest absolute Gasteiger partial charge is 0.452 e. The number of rotatable bonds is 2. The molecule has 0 fully saturated rings. The summed E-state index contributed by atoms with van der Waals surface area (Å²) in [5.41, 5.74) is 6.52. The van der Waals surface area contributed by atoms with Crippen LogP contribution in [0.5, 0.6) is 11.5 Å². The minimum atomic E-state index is 0.342. The third kappa shape index (κ3) is 1.81. The number of para-hydroxylation sites is 1. The number of nitrogens with zero attached hydrogens (tertiary/aromatic N) is 3. The Morgan fingerprint density at radius 3 is 2.94 bits per heavy atom. The van der Waals surface area contributed by atoms with Crippen molar-refractivity contribution in [3.63, 3.8) is 0 Å². The molecule has 2 rings (SSSR count). The summed E-state index contributed by atoms with van der Waals surface area (Å²) in [4.78, 5) is 0. The Hall–Kier alpha value is -2.48. The number of benzene rings is 1. The number of hydrogen-bond acceptors (Lipinski definition) is 4. The molecule has 0 amide bonds. The Morgan fingerprint density at radius 1 is 1.50 bits per heavy atom. The van der Waals surface area contributed by atoms with Gasteiger partial charge >= 0.3 is 0 Å². The van der Waals surface area contributed by atoms with E-state index in [0.717, 1.165) is 0 Å². The summed E-state index contributed by atoms with van der Waals surface area (Å²) in [7, 11) is 1.79. The topological polar surface area (TPSA) is 76.9 Å². The van der Waals surface area contributed by atoms with Crippen molar-refractivity contribution in [3.05, 3.63) is 36.2 Å². The van der Waals surface area contributed by atoms with Gasteiger partial charge in [-0.3, -0.25) is 4.68 Å². The molecule has 0 spiro atoms. The molecule has 0 bridgehead atoms. The third-order valence-electron chi connectivity index (χ3n) is 2.10. The van der Waals surface area contributed by atoms with E-state index in [2.05, 4.69) is 5.10 Å². The summed E-state index contributed by atoms with van der Waals surface area (Å²) in [5, 5.41) is 12.8. The molecule has 0 aliphatic carbocycles. The molecule has 0 saturated carbocycles. The summed E-state index contributed by atoms with van der Waals surface area (Å²) in [6, 6.07) is 7.08. The highest BCUT2D eigenvalue weighted by atomic mass is 16.5. The van der Waals surface area contributed by atoms with Crippen molar-refractivity contribution >= 4 is 5.69 Å². The van der Waals surface area contributed by atoms with Gasteiger partial charge in [-0.05, 0) is 12.1 Å². The Balaban J connectivity index is 2.32. The number of ether oxygens (including phenoxy) is 1. The number of aryl methyl sites for hydroxylation is 1. The third-order valence-corrected chi connectivity index (χ3v) is 2.10. The zero-order valence-electron chi connectivity index (χ0n) is 8.71. The zero-order valence-corrected chi connectivity index (χ0v) is 8.71. The summed E-state index contributed by atoms with van der Waals surface area (Å²) in [6.45, 7) is 0. The minimum Gasteiger partial charge on any atom is -0.452 e. The van der Waals surface area contributed by atoms with Crippen LogP contribution in [0.25, 0.3) is 0 Å². The molecular formula is C11H10N4O. The summed E-state index contributed by atoms with van der Waals surface area (Å²) >= 11 is 0. The van der Waals surface area contributed by atoms with Crippen LogP contribution in [0.1, 0.15) is 5.56 Å². The Morgan fingerprint density at radius 2 is 2.31 bits per heavy atom. The van der Waals surface area contributed by atoms with E-state index in [0.29, 0.717) is 22.7 Å². The van der Waals surface area contributed by atoms with Gasteiger partial charge in [0.05, 0.1) is 23.6 Å². The van der Waals surface area contributed by atoms with Crippen LogP contribution in [0.2, 0.25) is 0 Å². The quantitative estimate of drug-likeness (QED) is 0.771. The van der Waals surface area contributed by atoms with Crippen LogP contribution in [0.4, 0.5) is 5.69 Å². The van der Waals surface area contributed by atoms with Crippen LogP contribution in [0.3, 0.4) is 0 Å². The van der Waals surface area contributed by atoms with E-state index < -0.39 is 0 Å². The standard InChI is InChI=1S/C11H10N4O/c1-15-7-9(6-14-15)16-10-4-2-3-8(5-12)11(10)13/h2-4,6-7H,13H2,1H3. The van der Waals surface area contributed by atoms with E-state index in [4.69, 9.17) is 15.7 Å². The predicted octanol–water partition coefficient (Wildman–Crippen LogP) is 1.67. The van der Waals surface area contributed by atoms with Crippen molar-refractivity contribution in [2.24, 2.45) is 7.05 Å². The van der Waals surface area contributed by atoms with Crippen molar-refractivity contribution in [1.82, 2.24) is 9.78 Å². The van der Waals surface area contributed by atoms with Gasteiger partial charge in [0.1, 0.15) is 6.07 Å². The van der Waals surface area contributed by atoms with Gasteiger partial charge in [-0.1, -0.05) is 6.07 Å². The van der Waals surface area contributed by atoms with Crippen LogP contribution in [-0.2, 0) is 7.05 Å². The number of nitrogen functional groups attached to an aromatic ring is 1. The van der Waals surface area contributed by atoms with Crippen LogP contribution in [-0.4, -0.2) is 9.78 Å². The number of aromatic nitrogens is 2. The first kappa shape index (κ1) is 10.1. The Labute approximate surface area is 92.7 Å². The molecule has 80 valence electrons. The summed E-state index contributed by atoms with van der Waals surface area (Å²) < 4.78 is 7.14. The molecule has 0 saturated heterocycles. The van der Waals surface area contributed by atoms with Crippen molar-refractivity contribution in [1.29, 1.82) is 5.26 Å². The Bertz CT molecular complexity index is 553. The van der Waals surface area contributed by atoms with Gasteiger partial charge in [0.2, 0.25) is 0 Å². The van der Waals surface area contributed by atoms with Crippen LogP contribution >= 0.6 is 0 Å². The maximum Gasteiger partial charge on any atom is 0.165 e. The lowest BCUT2D eigenvalue weighted by atomic mass is 10.2. The highest BCUT2D eigenvalue weighted by molar-refractivity contribution is 5.63. The molecule has 0 aliphatic heterocycles. The first-order chi connectivity index (χ1) is 7.70. The van der Waals surface area contributed by atoms with Crippen LogP contribution in [0, 0.1) is 11.3 Å². The maximum atomic E-state index is 8.81. The zero-order chi connectivity index (χ0) is 11.5. The van der Waals surface area contributed by atoms with E-state index in [-0.39, 0.29) is 0 Å². The second kappa shape index (κ2) is 3.95. The fourth-order valence-electron chi connectivity index (χ4n) is 1.31. The predicted molar refractivity (Wildman–Crippen MR) is 58.9 cm³/mol. The smallest absolute Gasteiger partial charge is 0.165 e. The normalized spacial score (nSPS) is 9.75. The second-order valence-electron chi connectivity index (χ2n) is 3.28. The monoisotopic (exact) mass is 214 g/mol. The van der Waals surface area contributed by atoms with Gasteiger partial charge < -0.3 is 10.5 Å². The summed E-state index contributed by atoms with van der Waals surface area (Å²) in [6.07, 6.45) is 3.30. The number of hydrogen-bond donors (Lipinski definition) is 1. The second-order valence-corrected chi connectivity index (χ2v) is 3.28. The molecule has 0 atom stereocenters. The molecule has 0 radical (unpaired) electrons. The van der Waals surface area contributed by atoms with E-state index in [1.165, 1.54) is 0 Å². The van der Waals surface area contributed by atoms with Crippen molar-refractivity contribution in [3.8, 4) is 17.6 Å². The molecule has 5 heteroatoms. The highest BCUT2D eigenvalue weighted by Gasteiger charge is 2.07. The van der Waals surface area contributed by atoms with Gasteiger partial charge in [0.15, 0.2) is 11.5 Å². The lowest BCUT2D eigenvalue weighted by Gasteiger charge is -2.06. The molecule has 1 heterocycles. The van der Waals surface area contributed by atoms with Gasteiger partial charge in [0, 0.05) is 7.05 Å². The molecule has 2 N–H and O–H groups in total. The van der Waals surface area contributed by atoms with Crippen molar-refractivity contribution < 1.29 is 4.74 Å². The molecule has 16 heavy (non-hydrogen) atoms. The highest BCUT2D eigenvalue weighted by Crippen LogP contribution is 2.29. The molecule has 5 nitrogen and oxygen atoms in total. The van der Waals surface area contributed by atoms with Gasteiger partial charge in [0.25, 0.3) is 0 Å². The fraction of sp³-hybridized carbons (Fsp3) is 0.0909. The molecule has 1 aromatic carbocycles. The fourth-order valence-corrected chi connectivity index (χ4v) is 1.31. The van der Waals surface area contributed by atoms with Crippen molar-refractivity contribution in [2.75, 3.05) is 5.73 Å². The van der Waals surface area contributed by atoms with E-state index in [9.17, 15) is 0 Å². The SMILES string of the molecule is Cn1cc(Oc2cccc(C#N)c2N)cn1. The maximum absolute atomic E-state index is 8.81. The average molecular weight is 214 g/mol. The molecule has 2 aromatic rings. The number of anilines is 1. The lowest BCUT2D eigenvalue weighted by molar-refractivity contribution is 0.484. The van der Waals surface area contributed by atoms with E-state index in [1.807, 2.05) is 6.07 Å². The number of nitrogens with two attached hydrogens (primary N) is 1. The average Bonchev–Trinajstić information content (AvgIpc) is 2.67. The molecule has 0 aliphatic rings. The minimum absolute atomic E-state index is 0.342. The lowest BCUT2D eigenvalue weighted by Crippen LogP contribution is -1.94. The van der Waals surface area contributed by atoms with E-state index >= 15 is 0 Å². The van der Waals surface area contributed by atoms with Crippen molar-refractivity contribution in [2.45, 2.75) is 0 Å². The van der Waals surface area contributed by atoms with Gasteiger partial charge in [-0.25, -0.2) is 0 Å². The van der Waals surface area contributed by atoms with E-state index in [1.54, 1.807) is 42.3 Å².